The molecule has 1 heterocycles. The number of nitrogen functional groups attached to an aromatic ring is 1. The second kappa shape index (κ2) is 15.7. The van der Waals surface area contributed by atoms with Gasteiger partial charge in [-0.25, -0.2) is 0 Å². The predicted octanol–water partition coefficient (Wildman–Crippen LogP) is 13.3. The number of phenols is 1. The number of aromatic nitrogens is 1. The van der Waals surface area contributed by atoms with Crippen molar-refractivity contribution in [2.45, 2.75) is 26.7 Å². The first kappa shape index (κ1) is 36.9. The fraction of sp³-hybridized carbons (Fsp3) is 0.0784. The summed E-state index contributed by atoms with van der Waals surface area (Å²) in [4.78, 5) is 19.6. The van der Waals surface area contributed by atoms with E-state index in [-0.39, 0.29) is 17.0 Å². The molecule has 0 aliphatic carbocycles. The molecule has 0 saturated carbocycles. The van der Waals surface area contributed by atoms with Crippen LogP contribution in [0.4, 0.5) is 39.8 Å². The molecule has 0 saturated heterocycles. The van der Waals surface area contributed by atoms with Crippen LogP contribution in [0.1, 0.15) is 32.6 Å². The molecule has 0 bridgehead atoms. The number of azo groups is 1. The number of anilines is 5. The number of nitrogens with zero attached hydrogens (tertiary/aromatic N) is 3. The normalized spacial score (nSPS) is 11.5. The van der Waals surface area contributed by atoms with Gasteiger partial charge in [0.15, 0.2) is 5.75 Å². The Hall–Kier alpha value is -7.71. The molecule has 9 aromatic rings. The number of aromatic hydroxyl groups is 1. The van der Waals surface area contributed by atoms with Crippen molar-refractivity contribution >= 4 is 78.3 Å². The number of nitrogens with one attached hydrogen (secondary N) is 2. The molecule has 0 spiro atoms. The number of hydrogen-bond donors (Lipinski definition) is 4. The van der Waals surface area contributed by atoms with Gasteiger partial charge in [-0.2, -0.15) is 5.11 Å². The first-order valence-electron chi connectivity index (χ1n) is 19.7. The van der Waals surface area contributed by atoms with E-state index in [0.29, 0.717) is 22.4 Å². The van der Waals surface area contributed by atoms with Crippen LogP contribution < -0.4 is 16.0 Å². The first-order chi connectivity index (χ1) is 28.8. The molecule has 8 aromatic carbocycles. The van der Waals surface area contributed by atoms with Gasteiger partial charge >= 0.3 is 0 Å². The molecular weight excluding hydrogens is 729 g/mol. The Labute approximate surface area is 342 Å². The van der Waals surface area contributed by atoms with Gasteiger partial charge in [0.05, 0.1) is 16.8 Å². The molecule has 59 heavy (non-hydrogen) atoms. The highest BCUT2D eigenvalue weighted by molar-refractivity contribution is 6.22. The van der Waals surface area contributed by atoms with Gasteiger partial charge in [0, 0.05) is 50.1 Å². The minimum Gasteiger partial charge on any atom is -0.505 e. The number of carbonyl (C=O) groups excluding carboxylic acids is 1. The van der Waals surface area contributed by atoms with Crippen molar-refractivity contribution in [1.82, 2.24) is 4.98 Å². The quantitative estimate of drug-likeness (QED) is 0.0817. The Balaban J connectivity index is 0.934. The van der Waals surface area contributed by atoms with Crippen molar-refractivity contribution in [3.05, 3.63) is 192 Å². The van der Waals surface area contributed by atoms with Crippen molar-refractivity contribution in [1.29, 1.82) is 0 Å². The Bertz CT molecular complexity index is 2940. The van der Waals surface area contributed by atoms with Crippen LogP contribution in [-0.4, -0.2) is 16.0 Å². The number of para-hydroxylation sites is 1. The Morgan fingerprint density at radius 2 is 1.24 bits per heavy atom. The number of phenolic OH excluding ortho intramolecular Hbond substituents is 1. The second-order valence-corrected chi connectivity index (χ2v) is 15.0. The number of benzene rings is 8. The van der Waals surface area contributed by atoms with Gasteiger partial charge in [0.2, 0.25) is 0 Å². The fourth-order valence-corrected chi connectivity index (χ4v) is 7.59. The number of carbonyl (C=O) groups is 1. The smallest absolute Gasteiger partial charge is 0.259 e. The van der Waals surface area contributed by atoms with E-state index in [1.807, 2.05) is 60.7 Å². The molecular formula is C51H42N6O2. The molecule has 0 unspecified atom stereocenters. The van der Waals surface area contributed by atoms with E-state index in [9.17, 15) is 9.90 Å². The van der Waals surface area contributed by atoms with Gasteiger partial charge < -0.3 is 26.0 Å². The summed E-state index contributed by atoms with van der Waals surface area (Å²) in [5.41, 5.74) is 17.9. The molecule has 5 N–H and O–H groups in total. The highest BCUT2D eigenvalue weighted by Gasteiger charge is 2.22. The highest BCUT2D eigenvalue weighted by Crippen LogP contribution is 2.44. The number of hydrogen-bond acceptors (Lipinski definition) is 6. The van der Waals surface area contributed by atoms with E-state index < -0.39 is 5.91 Å². The molecule has 8 heteroatoms. The lowest BCUT2D eigenvalue weighted by Gasteiger charge is -2.26. The standard InChI is InChI=1S/C51H42N6O2/c1-32-7-24-40(25-8-32)57(41-26-9-33(2)10-27-41)42-28-15-35(16-29-42)12-11-34-13-20-38(21-14-34)53-51(59)45-31-36-17-30-44-43-5-3-4-6-46(43)54-48(44)47(36)49(50(45)58)56-55-39-22-18-37(52)19-23-39/h3-10,13-31,54,58H,11-12,52H2,1-2H3,(H,53,59). The van der Waals surface area contributed by atoms with Crippen molar-refractivity contribution in [2.24, 2.45) is 10.2 Å². The molecule has 9 rings (SSSR count). The van der Waals surface area contributed by atoms with Crippen molar-refractivity contribution in [3.8, 4) is 5.75 Å². The average molecular weight is 771 g/mol. The van der Waals surface area contributed by atoms with Crippen molar-refractivity contribution < 1.29 is 9.90 Å². The van der Waals surface area contributed by atoms with Gasteiger partial charge in [-0.3, -0.25) is 4.79 Å². The average Bonchev–Trinajstić information content (AvgIpc) is 3.64. The lowest BCUT2D eigenvalue weighted by molar-refractivity contribution is 0.102. The van der Waals surface area contributed by atoms with Crippen LogP contribution in [0, 0.1) is 13.8 Å². The zero-order valence-corrected chi connectivity index (χ0v) is 32.8. The number of rotatable bonds is 10. The van der Waals surface area contributed by atoms with Crippen molar-refractivity contribution in [3.63, 3.8) is 0 Å². The Kier molecular flexibility index (Phi) is 9.80. The summed E-state index contributed by atoms with van der Waals surface area (Å²) >= 11 is 0. The monoisotopic (exact) mass is 770 g/mol. The van der Waals surface area contributed by atoms with Gasteiger partial charge in [0.25, 0.3) is 5.91 Å². The van der Waals surface area contributed by atoms with Crippen LogP contribution >= 0.6 is 0 Å². The summed E-state index contributed by atoms with van der Waals surface area (Å²) in [6.45, 7) is 4.21. The van der Waals surface area contributed by atoms with Crippen LogP contribution in [-0.2, 0) is 12.8 Å². The summed E-state index contributed by atoms with van der Waals surface area (Å²) in [6.07, 6.45) is 1.70. The number of fused-ring (bicyclic) bond motifs is 5. The zero-order chi connectivity index (χ0) is 40.5. The molecule has 8 nitrogen and oxygen atoms in total. The van der Waals surface area contributed by atoms with E-state index in [0.717, 1.165) is 62.7 Å². The van der Waals surface area contributed by atoms with E-state index in [2.05, 4.69) is 112 Å². The van der Waals surface area contributed by atoms with Crippen LogP contribution in [0.2, 0.25) is 0 Å². The summed E-state index contributed by atoms with van der Waals surface area (Å²) in [6, 6.07) is 54.5. The number of H-pyrrole nitrogens is 1. The zero-order valence-electron chi connectivity index (χ0n) is 32.8. The lowest BCUT2D eigenvalue weighted by Crippen LogP contribution is -2.12. The number of aryl methyl sites for hydroxylation is 4. The molecule has 0 fully saturated rings. The van der Waals surface area contributed by atoms with Gasteiger partial charge in [0.1, 0.15) is 5.69 Å². The Morgan fingerprint density at radius 3 is 1.86 bits per heavy atom. The van der Waals surface area contributed by atoms with Gasteiger partial charge in [-0.15, -0.1) is 5.11 Å². The second-order valence-electron chi connectivity index (χ2n) is 15.0. The van der Waals surface area contributed by atoms with E-state index >= 15 is 0 Å². The molecule has 0 aliphatic rings. The van der Waals surface area contributed by atoms with Crippen molar-refractivity contribution in [2.75, 3.05) is 16.0 Å². The van der Waals surface area contributed by atoms with E-state index in [1.165, 1.54) is 16.7 Å². The summed E-state index contributed by atoms with van der Waals surface area (Å²) in [5.74, 6) is -0.716. The fourth-order valence-electron chi connectivity index (χ4n) is 7.59. The maximum absolute atomic E-state index is 13.9. The number of aromatic amines is 1. The molecule has 0 radical (unpaired) electrons. The third-order valence-electron chi connectivity index (χ3n) is 10.8. The molecule has 0 atom stereocenters. The summed E-state index contributed by atoms with van der Waals surface area (Å²) in [7, 11) is 0. The number of amides is 1. The molecule has 1 amide bonds. The summed E-state index contributed by atoms with van der Waals surface area (Å²) < 4.78 is 0. The van der Waals surface area contributed by atoms with Crippen LogP contribution in [0.3, 0.4) is 0 Å². The van der Waals surface area contributed by atoms with E-state index in [1.54, 1.807) is 30.3 Å². The molecule has 0 aliphatic heterocycles. The van der Waals surface area contributed by atoms with Crippen LogP contribution in [0.5, 0.6) is 5.75 Å². The lowest BCUT2D eigenvalue weighted by atomic mass is 10.00. The molecule has 1 aromatic heterocycles. The minimum absolute atomic E-state index is 0.0927. The molecule has 288 valence electrons. The maximum Gasteiger partial charge on any atom is 0.259 e. The van der Waals surface area contributed by atoms with E-state index in [4.69, 9.17) is 5.73 Å². The van der Waals surface area contributed by atoms with Crippen LogP contribution in [0.15, 0.2) is 174 Å². The topological polar surface area (TPSA) is 119 Å². The number of nitrogens with two attached hydrogens (primary N) is 1. The summed E-state index contributed by atoms with van der Waals surface area (Å²) in [5, 5.41) is 27.1. The highest BCUT2D eigenvalue weighted by atomic mass is 16.3. The SMILES string of the molecule is Cc1ccc(N(c2ccc(C)cc2)c2ccc(CCc3ccc(NC(=O)c4cc5ccc6c7ccccc7[nH]c6c5c(N=Nc5ccc(N)cc5)c4O)cc3)cc2)cc1. The third kappa shape index (κ3) is 7.59. The largest absolute Gasteiger partial charge is 0.505 e. The first-order valence-corrected chi connectivity index (χ1v) is 19.7. The van der Waals surface area contributed by atoms with Crippen LogP contribution in [0.25, 0.3) is 32.6 Å². The van der Waals surface area contributed by atoms with Gasteiger partial charge in [-0.05, 0) is 128 Å². The predicted molar refractivity (Wildman–Crippen MR) is 242 cm³/mol. The third-order valence-corrected chi connectivity index (χ3v) is 10.8. The minimum atomic E-state index is -0.455. The van der Waals surface area contributed by atoms with Gasteiger partial charge in [-0.1, -0.05) is 90.0 Å². The maximum atomic E-state index is 13.9. The Morgan fingerprint density at radius 1 is 0.661 bits per heavy atom.